The topological polar surface area (TPSA) is 101 Å². The Labute approximate surface area is 158 Å². The summed E-state index contributed by atoms with van der Waals surface area (Å²) in [7, 11) is 0. The Kier molecular flexibility index (Phi) is 5.03. The van der Waals surface area contributed by atoms with Crippen molar-refractivity contribution in [2.75, 3.05) is 39.3 Å². The van der Waals surface area contributed by atoms with Gasteiger partial charge in [0.25, 0.3) is 0 Å². The first-order valence-electron chi connectivity index (χ1n) is 9.79. The van der Waals surface area contributed by atoms with Crippen molar-refractivity contribution in [1.29, 1.82) is 0 Å². The largest absolute Gasteiger partial charge is 0.441 e. The number of aryl methyl sites for hydroxylation is 1. The van der Waals surface area contributed by atoms with E-state index in [9.17, 15) is 9.59 Å². The van der Waals surface area contributed by atoms with E-state index >= 15 is 0 Å². The summed E-state index contributed by atoms with van der Waals surface area (Å²) in [4.78, 5) is 32.6. The third kappa shape index (κ3) is 4.07. The minimum absolute atomic E-state index is 0.00465. The van der Waals surface area contributed by atoms with Crippen LogP contribution in [0.5, 0.6) is 0 Å². The molecule has 148 valence electrons. The molecule has 1 aromatic rings. The van der Waals surface area contributed by atoms with Crippen LogP contribution < -0.4 is 5.32 Å². The first-order chi connectivity index (χ1) is 13.0. The van der Waals surface area contributed by atoms with Crippen molar-refractivity contribution < 1.29 is 18.8 Å². The molecule has 1 N–H and O–H groups in total. The fourth-order valence-corrected chi connectivity index (χ4v) is 4.28. The lowest BCUT2D eigenvalue weighted by Crippen LogP contribution is -2.47. The molecule has 3 fully saturated rings. The maximum atomic E-state index is 12.7. The van der Waals surface area contributed by atoms with Gasteiger partial charge in [-0.25, -0.2) is 4.79 Å². The third-order valence-corrected chi connectivity index (χ3v) is 5.88. The van der Waals surface area contributed by atoms with E-state index in [1.54, 1.807) is 4.90 Å². The number of carbonyl (C=O) groups excluding carboxylic acids is 2. The number of aromatic nitrogens is 2. The molecule has 9 heteroatoms. The second-order valence-corrected chi connectivity index (χ2v) is 7.92. The van der Waals surface area contributed by atoms with Crippen LogP contribution >= 0.6 is 0 Å². The number of carbonyl (C=O) groups is 2. The summed E-state index contributed by atoms with van der Waals surface area (Å²) in [6.07, 6.45) is 3.85. The number of piperidine rings is 2. The van der Waals surface area contributed by atoms with E-state index in [1.165, 1.54) is 0 Å². The molecule has 0 aliphatic carbocycles. The average molecular weight is 377 g/mol. The van der Waals surface area contributed by atoms with E-state index in [1.807, 2.05) is 11.8 Å². The Bertz CT molecular complexity index is 692. The molecule has 2 amide bonds. The molecule has 3 saturated heterocycles. The quantitative estimate of drug-likeness (QED) is 0.826. The normalized spacial score (nSPS) is 23.1. The molecule has 3 aliphatic rings. The minimum atomic E-state index is -0.405. The lowest BCUT2D eigenvalue weighted by molar-refractivity contribution is -0.133. The van der Waals surface area contributed by atoms with Crippen molar-refractivity contribution in [3.05, 3.63) is 11.7 Å². The number of nitrogens with one attached hydrogen (secondary N) is 1. The Hall–Kier alpha value is -2.16. The van der Waals surface area contributed by atoms with Gasteiger partial charge in [0, 0.05) is 32.4 Å². The first-order valence-corrected chi connectivity index (χ1v) is 9.79. The number of hydrogen-bond donors (Lipinski definition) is 1. The van der Waals surface area contributed by atoms with Crippen LogP contribution in [-0.2, 0) is 16.0 Å². The summed E-state index contributed by atoms with van der Waals surface area (Å²) in [6.45, 7) is 5.55. The van der Waals surface area contributed by atoms with Crippen molar-refractivity contribution in [2.24, 2.45) is 5.92 Å². The van der Waals surface area contributed by atoms with Gasteiger partial charge < -0.3 is 19.5 Å². The van der Waals surface area contributed by atoms with Crippen LogP contribution in [0, 0.1) is 12.8 Å². The summed E-state index contributed by atoms with van der Waals surface area (Å²) in [5.41, 5.74) is -0.405. The highest BCUT2D eigenvalue weighted by molar-refractivity contribution is 5.83. The summed E-state index contributed by atoms with van der Waals surface area (Å²) in [6, 6.07) is 0. The number of hydrogen-bond acceptors (Lipinski definition) is 7. The van der Waals surface area contributed by atoms with Crippen LogP contribution in [0.3, 0.4) is 0 Å². The van der Waals surface area contributed by atoms with E-state index in [0.717, 1.165) is 45.2 Å². The van der Waals surface area contributed by atoms with Gasteiger partial charge in [0.15, 0.2) is 5.82 Å². The molecule has 0 atom stereocenters. The lowest BCUT2D eigenvalue weighted by Gasteiger charge is -2.33. The molecule has 0 aromatic carbocycles. The number of ether oxygens (including phenoxy) is 1. The number of nitrogens with zero attached hydrogens (tertiary/aromatic N) is 4. The molecule has 0 saturated carbocycles. The van der Waals surface area contributed by atoms with Crippen molar-refractivity contribution in [3.8, 4) is 0 Å². The van der Waals surface area contributed by atoms with Crippen molar-refractivity contribution >= 4 is 12.0 Å². The van der Waals surface area contributed by atoms with Gasteiger partial charge in [-0.2, -0.15) is 4.98 Å². The highest BCUT2D eigenvalue weighted by Crippen LogP contribution is 2.31. The fraction of sp³-hybridized carbons (Fsp3) is 0.778. The summed E-state index contributed by atoms with van der Waals surface area (Å²) >= 11 is 0. The van der Waals surface area contributed by atoms with Crippen molar-refractivity contribution in [1.82, 2.24) is 25.3 Å². The van der Waals surface area contributed by atoms with Gasteiger partial charge in [-0.3, -0.25) is 9.69 Å². The van der Waals surface area contributed by atoms with Gasteiger partial charge in [-0.05, 0) is 38.8 Å². The summed E-state index contributed by atoms with van der Waals surface area (Å²) in [5, 5.41) is 7.10. The molecular formula is C18H27N5O4. The summed E-state index contributed by atoms with van der Waals surface area (Å²) < 4.78 is 10.8. The molecule has 0 unspecified atom stereocenters. The van der Waals surface area contributed by atoms with Gasteiger partial charge in [-0.1, -0.05) is 5.16 Å². The minimum Gasteiger partial charge on any atom is -0.441 e. The molecule has 1 aromatic heterocycles. The zero-order valence-electron chi connectivity index (χ0n) is 15.8. The van der Waals surface area contributed by atoms with Crippen LogP contribution in [0.2, 0.25) is 0 Å². The highest BCUT2D eigenvalue weighted by Gasteiger charge is 2.46. The molecule has 0 radical (unpaired) electrons. The van der Waals surface area contributed by atoms with Crippen molar-refractivity contribution in [3.63, 3.8) is 0 Å². The molecule has 27 heavy (non-hydrogen) atoms. The maximum Gasteiger partial charge on any atom is 0.410 e. The molecular weight excluding hydrogens is 350 g/mol. The van der Waals surface area contributed by atoms with Crippen molar-refractivity contribution in [2.45, 2.75) is 44.6 Å². The monoisotopic (exact) mass is 377 g/mol. The van der Waals surface area contributed by atoms with Crippen LogP contribution in [0.15, 0.2) is 4.52 Å². The van der Waals surface area contributed by atoms with E-state index < -0.39 is 5.60 Å². The predicted molar refractivity (Wildman–Crippen MR) is 94.9 cm³/mol. The van der Waals surface area contributed by atoms with Crippen LogP contribution in [-0.4, -0.2) is 76.8 Å². The molecule has 0 bridgehead atoms. The van der Waals surface area contributed by atoms with Crippen LogP contribution in [0.4, 0.5) is 4.79 Å². The second kappa shape index (κ2) is 7.46. The van der Waals surface area contributed by atoms with Gasteiger partial charge in [0.2, 0.25) is 11.8 Å². The Morgan fingerprint density at radius 1 is 1.30 bits per heavy atom. The first kappa shape index (κ1) is 18.2. The molecule has 1 spiro atoms. The Morgan fingerprint density at radius 2 is 2.04 bits per heavy atom. The SMILES string of the molecule is Cc1noc(CC2CCN(C(=O)CN3CC4(CCNCC4)OC3=O)CC2)n1. The molecule has 3 aliphatic heterocycles. The third-order valence-electron chi connectivity index (χ3n) is 5.88. The van der Waals surface area contributed by atoms with E-state index in [-0.39, 0.29) is 18.5 Å². The maximum absolute atomic E-state index is 12.7. The van der Waals surface area contributed by atoms with Gasteiger partial charge in [0.1, 0.15) is 12.1 Å². The van der Waals surface area contributed by atoms with E-state index in [4.69, 9.17) is 9.26 Å². The van der Waals surface area contributed by atoms with Gasteiger partial charge >= 0.3 is 6.09 Å². The highest BCUT2D eigenvalue weighted by atomic mass is 16.6. The van der Waals surface area contributed by atoms with E-state index in [0.29, 0.717) is 37.3 Å². The van der Waals surface area contributed by atoms with Crippen LogP contribution in [0.25, 0.3) is 0 Å². The molecule has 4 rings (SSSR count). The number of rotatable bonds is 4. The standard InChI is InChI=1S/C18H27N5O4/c1-13-20-15(27-21-13)10-14-2-8-22(9-3-14)16(24)11-23-12-18(26-17(23)25)4-6-19-7-5-18/h14,19H,2-12H2,1H3. The Balaban J connectivity index is 1.25. The smallest absolute Gasteiger partial charge is 0.410 e. The van der Waals surface area contributed by atoms with Gasteiger partial charge in [-0.15, -0.1) is 0 Å². The van der Waals surface area contributed by atoms with Crippen LogP contribution in [0.1, 0.15) is 37.4 Å². The number of amides is 2. The zero-order chi connectivity index (χ0) is 18.9. The molecule has 9 nitrogen and oxygen atoms in total. The predicted octanol–water partition coefficient (Wildman–Crippen LogP) is 0.734. The summed E-state index contributed by atoms with van der Waals surface area (Å²) in [5.74, 6) is 1.78. The molecule has 4 heterocycles. The zero-order valence-corrected chi connectivity index (χ0v) is 15.8. The lowest BCUT2D eigenvalue weighted by atomic mass is 9.92. The fourth-order valence-electron chi connectivity index (χ4n) is 4.28. The second-order valence-electron chi connectivity index (χ2n) is 7.92. The van der Waals surface area contributed by atoms with Gasteiger partial charge in [0.05, 0.1) is 6.54 Å². The average Bonchev–Trinajstić information content (AvgIpc) is 3.19. The van der Waals surface area contributed by atoms with E-state index in [2.05, 4.69) is 15.5 Å². The Morgan fingerprint density at radius 3 is 2.70 bits per heavy atom. The number of likely N-dealkylation sites (tertiary alicyclic amines) is 1.